The molecule has 0 amide bonds. The summed E-state index contributed by atoms with van der Waals surface area (Å²) < 4.78 is 26.9. The first-order valence-corrected chi connectivity index (χ1v) is 8.44. The Bertz CT molecular complexity index is 756. The number of nitrogens with one attached hydrogen (secondary N) is 1. The number of aromatic carboxylic acids is 1. The maximum Gasteiger partial charge on any atom is 0.356 e. The summed E-state index contributed by atoms with van der Waals surface area (Å²) in [5, 5.41) is 9.22. The lowest BCUT2D eigenvalue weighted by Gasteiger charge is -2.07. The van der Waals surface area contributed by atoms with E-state index in [1.807, 2.05) is 0 Å². The molecule has 2 aromatic rings. The normalized spacial score (nSPS) is 11.3. The van der Waals surface area contributed by atoms with Crippen LogP contribution in [-0.4, -0.2) is 24.5 Å². The smallest absolute Gasteiger partial charge is 0.356 e. The maximum atomic E-state index is 12.1. The minimum atomic E-state index is -3.92. The van der Waals surface area contributed by atoms with Crippen LogP contribution in [0.1, 0.15) is 10.5 Å². The van der Waals surface area contributed by atoms with E-state index < -0.39 is 16.0 Å². The molecular weight excluding hydrogens is 392 g/mol. The number of thiophene rings is 1. The van der Waals surface area contributed by atoms with Crippen LogP contribution < -0.4 is 4.72 Å². The number of pyridine rings is 1. The Morgan fingerprint density at radius 3 is 2.75 bits per heavy atom. The van der Waals surface area contributed by atoms with E-state index in [2.05, 4.69) is 25.6 Å². The van der Waals surface area contributed by atoms with Gasteiger partial charge in [-0.25, -0.2) is 18.2 Å². The first-order valence-electron chi connectivity index (χ1n) is 4.97. The molecule has 2 rings (SSSR count). The van der Waals surface area contributed by atoms with Gasteiger partial charge in [-0.15, -0.1) is 11.3 Å². The number of carbonyl (C=O) groups is 1. The summed E-state index contributed by atoms with van der Waals surface area (Å²) in [6.45, 7) is 0. The Hall–Kier alpha value is -1.16. The van der Waals surface area contributed by atoms with Crippen LogP contribution in [0.2, 0.25) is 5.02 Å². The van der Waals surface area contributed by atoms with E-state index >= 15 is 0 Å². The van der Waals surface area contributed by atoms with Crippen LogP contribution in [0.4, 0.5) is 5.69 Å². The van der Waals surface area contributed by atoms with E-state index in [-0.39, 0.29) is 20.6 Å². The molecule has 10 heteroatoms. The highest BCUT2D eigenvalue weighted by Crippen LogP contribution is 2.35. The van der Waals surface area contributed by atoms with Crippen LogP contribution in [-0.2, 0) is 10.0 Å². The van der Waals surface area contributed by atoms with Crippen molar-refractivity contribution in [1.82, 2.24) is 4.98 Å². The Kier molecular flexibility index (Phi) is 4.33. The van der Waals surface area contributed by atoms with Crippen LogP contribution in [0.25, 0.3) is 0 Å². The molecule has 0 saturated heterocycles. The van der Waals surface area contributed by atoms with Gasteiger partial charge in [0.05, 0.1) is 14.5 Å². The Balaban J connectivity index is 2.41. The summed E-state index contributed by atoms with van der Waals surface area (Å²) in [5.74, 6) is -1.33. The standard InChI is InChI=1S/C10H6BrClN2O4S2/c11-9-5(12)4-7(19-9)20(17,18)14-6-2-1-3-13-8(6)10(15)16/h1-4,14H,(H,15,16). The second-order valence-electron chi connectivity index (χ2n) is 3.50. The molecule has 6 nitrogen and oxygen atoms in total. The second kappa shape index (κ2) is 5.68. The van der Waals surface area contributed by atoms with Crippen molar-refractivity contribution in [2.45, 2.75) is 4.21 Å². The Morgan fingerprint density at radius 2 is 2.20 bits per heavy atom. The molecule has 106 valence electrons. The van der Waals surface area contributed by atoms with Gasteiger partial charge in [0.1, 0.15) is 4.21 Å². The van der Waals surface area contributed by atoms with Gasteiger partial charge in [0.25, 0.3) is 10.0 Å². The average molecular weight is 398 g/mol. The van der Waals surface area contributed by atoms with E-state index in [1.165, 1.54) is 24.4 Å². The van der Waals surface area contributed by atoms with Crippen LogP contribution in [0.15, 0.2) is 32.4 Å². The van der Waals surface area contributed by atoms with Crippen LogP contribution in [0, 0.1) is 0 Å². The van der Waals surface area contributed by atoms with Crippen molar-refractivity contribution in [3.63, 3.8) is 0 Å². The molecule has 2 aromatic heterocycles. The molecule has 0 bridgehead atoms. The third-order valence-corrected chi connectivity index (χ3v) is 6.46. The number of hydrogen-bond acceptors (Lipinski definition) is 5. The summed E-state index contributed by atoms with van der Waals surface area (Å²) in [5.41, 5.74) is -0.488. The molecule has 0 fully saturated rings. The zero-order valence-corrected chi connectivity index (χ0v) is 13.5. The lowest BCUT2D eigenvalue weighted by Crippen LogP contribution is -2.15. The molecule has 0 spiro atoms. The van der Waals surface area contributed by atoms with E-state index in [4.69, 9.17) is 16.7 Å². The summed E-state index contributed by atoms with van der Waals surface area (Å²) in [6, 6.07) is 4.02. The lowest BCUT2D eigenvalue weighted by atomic mass is 10.3. The highest BCUT2D eigenvalue weighted by Gasteiger charge is 2.22. The molecule has 0 aliphatic rings. The number of hydrogen-bond donors (Lipinski definition) is 2. The molecule has 2 heterocycles. The molecule has 0 saturated carbocycles. The van der Waals surface area contributed by atoms with Crippen molar-refractivity contribution in [3.05, 3.63) is 38.9 Å². The van der Waals surface area contributed by atoms with Crippen molar-refractivity contribution in [2.75, 3.05) is 4.72 Å². The van der Waals surface area contributed by atoms with Gasteiger partial charge >= 0.3 is 5.97 Å². The lowest BCUT2D eigenvalue weighted by molar-refractivity contribution is 0.0692. The van der Waals surface area contributed by atoms with Gasteiger partial charge in [0, 0.05) is 6.20 Å². The van der Waals surface area contributed by atoms with Crippen molar-refractivity contribution in [3.8, 4) is 0 Å². The fourth-order valence-electron chi connectivity index (χ4n) is 1.31. The largest absolute Gasteiger partial charge is 0.476 e. The number of carboxylic acid groups (broad SMARTS) is 1. The molecule has 0 unspecified atom stereocenters. The van der Waals surface area contributed by atoms with Gasteiger partial charge < -0.3 is 5.11 Å². The SMILES string of the molecule is O=C(O)c1ncccc1NS(=O)(=O)c1cc(Cl)c(Br)s1. The molecule has 20 heavy (non-hydrogen) atoms. The van der Waals surface area contributed by atoms with Crippen LogP contribution >= 0.6 is 38.9 Å². The van der Waals surface area contributed by atoms with Gasteiger partial charge in [-0.1, -0.05) is 11.6 Å². The number of nitrogens with zero attached hydrogens (tertiary/aromatic N) is 1. The number of halogens is 2. The van der Waals surface area contributed by atoms with Gasteiger partial charge in [0.2, 0.25) is 0 Å². The van der Waals surface area contributed by atoms with Gasteiger partial charge in [0.15, 0.2) is 5.69 Å². The van der Waals surface area contributed by atoms with E-state index in [9.17, 15) is 13.2 Å². The number of rotatable bonds is 4. The molecule has 2 N–H and O–H groups in total. The van der Waals surface area contributed by atoms with E-state index in [1.54, 1.807) is 0 Å². The first-order chi connectivity index (χ1) is 9.31. The van der Waals surface area contributed by atoms with Gasteiger partial charge in [-0.3, -0.25) is 4.72 Å². The Labute approximate surface area is 131 Å². The zero-order chi connectivity index (χ0) is 14.9. The van der Waals surface area contributed by atoms with Gasteiger partial charge in [-0.05, 0) is 34.1 Å². The van der Waals surface area contributed by atoms with E-state index in [0.29, 0.717) is 3.79 Å². The molecule has 0 atom stereocenters. The van der Waals surface area contributed by atoms with Gasteiger partial charge in [-0.2, -0.15) is 0 Å². The molecule has 0 radical (unpaired) electrons. The molecule has 0 aliphatic carbocycles. The topological polar surface area (TPSA) is 96.4 Å². The minimum Gasteiger partial charge on any atom is -0.476 e. The average Bonchev–Trinajstić information content (AvgIpc) is 2.70. The molecule has 0 aliphatic heterocycles. The van der Waals surface area contributed by atoms with Crippen molar-refractivity contribution in [1.29, 1.82) is 0 Å². The summed E-state index contributed by atoms with van der Waals surface area (Å²) in [7, 11) is -3.92. The minimum absolute atomic E-state index is 0.0328. The summed E-state index contributed by atoms with van der Waals surface area (Å²) in [4.78, 5) is 14.6. The van der Waals surface area contributed by atoms with Crippen LogP contribution in [0.5, 0.6) is 0 Å². The molecular formula is C10H6BrClN2O4S2. The highest BCUT2D eigenvalue weighted by atomic mass is 79.9. The second-order valence-corrected chi connectivity index (χ2v) is 8.18. The van der Waals surface area contributed by atoms with Crippen molar-refractivity contribution in [2.24, 2.45) is 0 Å². The quantitative estimate of drug-likeness (QED) is 0.826. The Morgan fingerprint density at radius 1 is 1.50 bits per heavy atom. The fraction of sp³-hybridized carbons (Fsp3) is 0. The first kappa shape index (κ1) is 15.2. The van der Waals surface area contributed by atoms with Crippen molar-refractivity contribution >= 4 is 60.5 Å². The summed E-state index contributed by atoms with van der Waals surface area (Å²) >= 11 is 9.83. The predicted molar refractivity (Wildman–Crippen MR) is 79.0 cm³/mol. The summed E-state index contributed by atoms with van der Waals surface area (Å²) in [6.07, 6.45) is 1.26. The monoisotopic (exact) mass is 396 g/mol. The zero-order valence-electron chi connectivity index (χ0n) is 9.50. The number of sulfonamides is 1. The number of aromatic nitrogens is 1. The predicted octanol–water partition coefficient (Wildman–Crippen LogP) is 3.06. The van der Waals surface area contributed by atoms with E-state index in [0.717, 1.165) is 11.3 Å². The molecule has 0 aromatic carbocycles. The van der Waals surface area contributed by atoms with Crippen LogP contribution in [0.3, 0.4) is 0 Å². The third kappa shape index (κ3) is 3.11. The van der Waals surface area contributed by atoms with Crippen molar-refractivity contribution < 1.29 is 18.3 Å². The highest BCUT2D eigenvalue weighted by molar-refractivity contribution is 9.11. The number of anilines is 1. The maximum absolute atomic E-state index is 12.1. The fourth-order valence-corrected chi connectivity index (χ4v) is 4.78. The third-order valence-electron chi connectivity index (χ3n) is 2.14. The number of carboxylic acids is 1.